The van der Waals surface area contributed by atoms with Gasteiger partial charge in [-0.1, -0.05) is 37.3 Å². The second kappa shape index (κ2) is 4.29. The summed E-state index contributed by atoms with van der Waals surface area (Å²) in [6, 6.07) is 9.42. The number of rotatable bonds is 1. The molecule has 3 fully saturated rings. The van der Waals surface area contributed by atoms with Crippen molar-refractivity contribution < 1.29 is 9.53 Å². The fourth-order valence-corrected chi connectivity index (χ4v) is 7.68. The number of para-hydroxylation sites is 1. The predicted octanol–water partition coefficient (Wildman–Crippen LogP) is 2.42. The van der Waals surface area contributed by atoms with Gasteiger partial charge >= 0.3 is 5.97 Å². The van der Waals surface area contributed by atoms with E-state index < -0.39 is 0 Å². The van der Waals surface area contributed by atoms with Crippen molar-refractivity contribution in [2.45, 2.75) is 30.8 Å². The molecule has 1 aromatic rings. The minimum Gasteiger partial charge on any atom is -0.469 e. The molecular formula is C21H24N2O2. The molecule has 1 N–H and O–H groups in total. The number of carbonyl (C=O) groups is 1. The first-order valence-corrected chi connectivity index (χ1v) is 9.50. The number of ether oxygens (including phenoxy) is 1. The van der Waals surface area contributed by atoms with E-state index in [0.717, 1.165) is 19.5 Å². The van der Waals surface area contributed by atoms with Crippen LogP contribution < -0.4 is 5.32 Å². The van der Waals surface area contributed by atoms with Crippen molar-refractivity contribution in [3.8, 4) is 0 Å². The molecule has 0 radical (unpaired) electrons. The van der Waals surface area contributed by atoms with Gasteiger partial charge in [-0.25, -0.2) is 0 Å². The number of carbonyl (C=O) groups excluding carboxylic acids is 1. The lowest BCUT2D eigenvalue weighted by atomic mass is 9.56. The van der Waals surface area contributed by atoms with E-state index in [2.05, 4.69) is 53.6 Å². The van der Waals surface area contributed by atoms with E-state index in [1.54, 1.807) is 0 Å². The summed E-state index contributed by atoms with van der Waals surface area (Å²) in [4.78, 5) is 15.5. The molecule has 130 valence electrons. The summed E-state index contributed by atoms with van der Waals surface area (Å²) >= 11 is 0. The number of piperidine rings is 1. The van der Waals surface area contributed by atoms with Crippen molar-refractivity contribution in [1.82, 2.24) is 4.90 Å². The smallest absolute Gasteiger partial charge is 0.310 e. The van der Waals surface area contributed by atoms with E-state index in [1.165, 1.54) is 18.4 Å². The summed E-state index contributed by atoms with van der Waals surface area (Å²) in [5.41, 5.74) is 2.82. The molecule has 0 amide bonds. The summed E-state index contributed by atoms with van der Waals surface area (Å²) in [5, 5.41) is 3.78. The Morgan fingerprint density at radius 3 is 3.04 bits per heavy atom. The molecule has 25 heavy (non-hydrogen) atoms. The molecule has 7 atom stereocenters. The van der Waals surface area contributed by atoms with Crippen LogP contribution in [0.1, 0.15) is 18.9 Å². The SMILES string of the molecule is COC(=O)[C@@H]1C[C@@]23C=CCN4C[C@@H]([C@H]2C)[C@]2(c5ccccc5N[C@H]12)[C@H]43. The molecule has 1 saturated heterocycles. The molecule has 1 aromatic carbocycles. The molecule has 0 aromatic heterocycles. The zero-order chi connectivity index (χ0) is 17.0. The molecule has 4 bridgehead atoms. The summed E-state index contributed by atoms with van der Waals surface area (Å²) < 4.78 is 5.26. The van der Waals surface area contributed by atoms with Gasteiger partial charge in [-0.2, -0.15) is 0 Å². The molecule has 3 heterocycles. The lowest BCUT2D eigenvalue weighted by molar-refractivity contribution is -0.150. The van der Waals surface area contributed by atoms with Gasteiger partial charge in [0.15, 0.2) is 0 Å². The third kappa shape index (κ3) is 1.31. The molecule has 2 aliphatic carbocycles. The minimum atomic E-state index is -0.0798. The van der Waals surface area contributed by atoms with Crippen LogP contribution in [-0.4, -0.2) is 43.2 Å². The molecule has 4 nitrogen and oxygen atoms in total. The van der Waals surface area contributed by atoms with Crippen LogP contribution in [-0.2, 0) is 14.9 Å². The molecule has 4 heteroatoms. The largest absolute Gasteiger partial charge is 0.469 e. The first-order chi connectivity index (χ1) is 12.1. The molecule has 5 aliphatic rings. The highest BCUT2D eigenvalue weighted by atomic mass is 16.5. The Labute approximate surface area is 148 Å². The van der Waals surface area contributed by atoms with Crippen LogP contribution in [0.5, 0.6) is 0 Å². The van der Waals surface area contributed by atoms with Crippen LogP contribution in [0.15, 0.2) is 36.4 Å². The van der Waals surface area contributed by atoms with E-state index in [4.69, 9.17) is 4.74 Å². The molecule has 0 unspecified atom stereocenters. The van der Waals surface area contributed by atoms with Crippen molar-refractivity contribution in [3.63, 3.8) is 0 Å². The zero-order valence-electron chi connectivity index (χ0n) is 14.7. The van der Waals surface area contributed by atoms with Gasteiger partial charge in [0.1, 0.15) is 0 Å². The summed E-state index contributed by atoms with van der Waals surface area (Å²) in [7, 11) is 1.53. The number of methoxy groups -OCH3 is 1. The van der Waals surface area contributed by atoms with Crippen LogP contribution in [0.2, 0.25) is 0 Å². The number of esters is 1. The zero-order valence-corrected chi connectivity index (χ0v) is 14.7. The van der Waals surface area contributed by atoms with Crippen LogP contribution in [0.4, 0.5) is 5.69 Å². The van der Waals surface area contributed by atoms with Crippen molar-refractivity contribution >= 4 is 11.7 Å². The van der Waals surface area contributed by atoms with E-state index >= 15 is 0 Å². The van der Waals surface area contributed by atoms with Crippen molar-refractivity contribution in [3.05, 3.63) is 42.0 Å². The van der Waals surface area contributed by atoms with Crippen molar-refractivity contribution in [2.75, 3.05) is 25.5 Å². The van der Waals surface area contributed by atoms with Crippen LogP contribution in [0.25, 0.3) is 0 Å². The quantitative estimate of drug-likeness (QED) is 0.632. The van der Waals surface area contributed by atoms with E-state index in [-0.39, 0.29) is 28.8 Å². The highest BCUT2D eigenvalue weighted by Gasteiger charge is 2.80. The maximum atomic E-state index is 12.8. The van der Waals surface area contributed by atoms with Gasteiger partial charge in [-0.15, -0.1) is 0 Å². The second-order valence-corrected chi connectivity index (χ2v) is 8.70. The van der Waals surface area contributed by atoms with Crippen LogP contribution in [0, 0.1) is 23.2 Å². The average Bonchev–Trinajstić information content (AvgIpc) is 3.22. The number of benzene rings is 1. The fraction of sp³-hybridized carbons (Fsp3) is 0.571. The van der Waals surface area contributed by atoms with Crippen molar-refractivity contribution in [1.29, 1.82) is 0 Å². The molecule has 2 saturated carbocycles. The van der Waals surface area contributed by atoms with E-state index in [0.29, 0.717) is 17.9 Å². The minimum absolute atomic E-state index is 0.0396. The summed E-state index contributed by atoms with van der Waals surface area (Å²) in [6.07, 6.45) is 5.71. The van der Waals surface area contributed by atoms with Gasteiger partial charge in [-0.05, 0) is 29.9 Å². The monoisotopic (exact) mass is 336 g/mol. The Morgan fingerprint density at radius 1 is 1.36 bits per heavy atom. The number of hydrogen-bond donors (Lipinski definition) is 1. The fourth-order valence-electron chi connectivity index (χ4n) is 7.68. The normalized spacial score (nSPS) is 48.0. The van der Waals surface area contributed by atoms with Crippen LogP contribution in [0.3, 0.4) is 0 Å². The maximum absolute atomic E-state index is 12.8. The van der Waals surface area contributed by atoms with E-state index in [1.807, 2.05) is 0 Å². The lowest BCUT2D eigenvalue weighted by Gasteiger charge is -2.54. The first kappa shape index (κ1) is 14.4. The Hall–Kier alpha value is -1.81. The standard InChI is InChI=1S/C21H24N2O2/c1-12-15-11-23-9-5-8-20(12)10-13(18(24)25-2)17-21(15,19(20)23)14-6-3-4-7-16(14)22-17/h3-8,12-13,15,17,19,22H,9-11H2,1-2H3/t12-,13-,15+,17-,19-,20+,21+/m1/s1. The van der Waals surface area contributed by atoms with Gasteiger partial charge in [0.05, 0.1) is 19.1 Å². The Balaban J connectivity index is 1.66. The number of nitrogens with zero attached hydrogens (tertiary/aromatic N) is 1. The third-order valence-corrected chi connectivity index (χ3v) is 8.29. The second-order valence-electron chi connectivity index (χ2n) is 8.70. The average molecular weight is 336 g/mol. The number of hydrogen-bond acceptors (Lipinski definition) is 4. The third-order valence-electron chi connectivity index (χ3n) is 8.29. The van der Waals surface area contributed by atoms with Gasteiger partial charge in [0.25, 0.3) is 0 Å². The Morgan fingerprint density at radius 2 is 2.20 bits per heavy atom. The Kier molecular flexibility index (Phi) is 2.47. The number of nitrogens with one attached hydrogen (secondary N) is 1. The highest BCUT2D eigenvalue weighted by molar-refractivity contribution is 5.79. The molecular weight excluding hydrogens is 312 g/mol. The van der Waals surface area contributed by atoms with Crippen molar-refractivity contribution in [2.24, 2.45) is 23.2 Å². The molecule has 1 spiro atoms. The van der Waals surface area contributed by atoms with Crippen LogP contribution >= 0.6 is 0 Å². The molecule has 3 aliphatic heterocycles. The van der Waals surface area contributed by atoms with Gasteiger partial charge in [-0.3, -0.25) is 9.69 Å². The number of anilines is 1. The predicted molar refractivity (Wildman–Crippen MR) is 95.2 cm³/mol. The lowest BCUT2D eigenvalue weighted by Crippen LogP contribution is -2.63. The van der Waals surface area contributed by atoms with Gasteiger partial charge in [0, 0.05) is 35.6 Å². The number of fused-ring (bicyclic) bond motifs is 1. The Bertz CT molecular complexity index is 820. The van der Waals surface area contributed by atoms with E-state index in [9.17, 15) is 4.79 Å². The van der Waals surface area contributed by atoms with Gasteiger partial charge in [0.2, 0.25) is 0 Å². The van der Waals surface area contributed by atoms with Gasteiger partial charge < -0.3 is 10.1 Å². The highest BCUT2D eigenvalue weighted by Crippen LogP contribution is 2.74. The maximum Gasteiger partial charge on any atom is 0.310 e. The first-order valence-electron chi connectivity index (χ1n) is 9.50. The summed E-state index contributed by atoms with van der Waals surface area (Å²) in [6.45, 7) is 4.63. The molecule has 6 rings (SSSR count). The summed E-state index contributed by atoms with van der Waals surface area (Å²) in [5.74, 6) is 1.06. The topological polar surface area (TPSA) is 41.6 Å².